The van der Waals surface area contributed by atoms with Gasteiger partial charge in [0.15, 0.2) is 0 Å². The molecule has 0 saturated heterocycles. The van der Waals surface area contributed by atoms with Crippen LogP contribution in [0.1, 0.15) is 6.42 Å². The second-order valence-electron chi connectivity index (χ2n) is 3.89. The number of nitrogens with one attached hydrogen (secondary N) is 1. The number of rotatable bonds is 14. The smallest absolute Gasteiger partial charge is 0.249 e. The van der Waals surface area contributed by atoms with Crippen molar-refractivity contribution in [1.29, 1.82) is 0 Å². The highest BCUT2D eigenvalue weighted by Crippen LogP contribution is 1.95. The molecular weight excluding hydrogens is 296 g/mol. The molecule has 0 aromatic heterocycles. The molecule has 0 radical (unpaired) electrons. The third-order valence-electron chi connectivity index (χ3n) is 2.23. The molecule has 1 unspecified atom stereocenters. The summed E-state index contributed by atoms with van der Waals surface area (Å²) >= 11 is 4.02. The summed E-state index contributed by atoms with van der Waals surface area (Å²) in [5.74, 6) is 7.07. The monoisotopic (exact) mass is 320 g/mol. The summed E-state index contributed by atoms with van der Waals surface area (Å²) in [4.78, 5) is 11.0. The van der Waals surface area contributed by atoms with Gasteiger partial charge in [-0.1, -0.05) is 0 Å². The normalized spacial score (nSPS) is 11.9. The van der Waals surface area contributed by atoms with E-state index in [4.69, 9.17) is 31.2 Å². The van der Waals surface area contributed by atoms with Crippen LogP contribution < -0.4 is 11.3 Å². The van der Waals surface area contributed by atoms with Gasteiger partial charge in [-0.05, 0) is 0 Å². The van der Waals surface area contributed by atoms with Crippen LogP contribution in [0.25, 0.3) is 0 Å². The highest BCUT2D eigenvalue weighted by molar-refractivity contribution is 7.81. The lowest BCUT2D eigenvalue weighted by atomic mass is 10.4. The van der Waals surface area contributed by atoms with Crippen molar-refractivity contribution in [2.75, 3.05) is 52.9 Å². The van der Waals surface area contributed by atoms with E-state index in [0.717, 1.165) is 0 Å². The van der Waals surface area contributed by atoms with E-state index in [2.05, 4.69) is 18.5 Å². The molecule has 0 fully saturated rings. The van der Waals surface area contributed by atoms with Gasteiger partial charge >= 0.3 is 0 Å². The first-order valence-corrected chi connectivity index (χ1v) is 7.17. The summed E-state index contributed by atoms with van der Waals surface area (Å²) in [6.07, 6.45) is 5.69. The minimum atomic E-state index is -0.576. The first kappa shape index (κ1) is 20.2. The van der Waals surface area contributed by atoms with Crippen LogP contribution in [0.5, 0.6) is 0 Å². The van der Waals surface area contributed by atoms with Gasteiger partial charge in [0.05, 0.1) is 52.9 Å². The fourth-order valence-electron chi connectivity index (χ4n) is 1.16. The summed E-state index contributed by atoms with van der Waals surface area (Å²) in [5, 5.41) is -0.576. The zero-order chi connectivity index (χ0) is 15.8. The van der Waals surface area contributed by atoms with Crippen LogP contribution in [-0.2, 0) is 23.7 Å². The number of thiol groups is 1. The molecule has 122 valence electrons. The molecule has 8 heteroatoms. The standard InChI is InChI=1S/C13H24N2O5S/c1-2-3-4-17-5-6-18-7-8-19-9-10-20-11-12(21)13(16)15-14/h1,12,21H,3-11,14H2,(H,15,16). The number of ether oxygens (including phenoxy) is 4. The predicted octanol–water partition coefficient (Wildman–Crippen LogP) is -0.636. The predicted molar refractivity (Wildman–Crippen MR) is 81.8 cm³/mol. The van der Waals surface area contributed by atoms with Crippen molar-refractivity contribution in [3.05, 3.63) is 0 Å². The number of amides is 1. The first-order chi connectivity index (χ1) is 10.2. The number of terminal acetylenes is 1. The lowest BCUT2D eigenvalue weighted by Crippen LogP contribution is -2.38. The zero-order valence-electron chi connectivity index (χ0n) is 12.1. The Morgan fingerprint density at radius 1 is 1.05 bits per heavy atom. The van der Waals surface area contributed by atoms with E-state index >= 15 is 0 Å². The third kappa shape index (κ3) is 13.9. The number of nitrogens with two attached hydrogens (primary N) is 1. The summed E-state index contributed by atoms with van der Waals surface area (Å²) < 4.78 is 21.0. The quantitative estimate of drug-likeness (QED) is 0.0985. The second kappa shape index (κ2) is 15.6. The van der Waals surface area contributed by atoms with Gasteiger partial charge in [0.1, 0.15) is 5.25 Å². The molecule has 0 spiro atoms. The summed E-state index contributed by atoms with van der Waals surface area (Å²) in [7, 11) is 0. The van der Waals surface area contributed by atoms with E-state index in [-0.39, 0.29) is 12.5 Å². The minimum absolute atomic E-state index is 0.182. The summed E-state index contributed by atoms with van der Waals surface area (Å²) in [5.41, 5.74) is 2.00. The molecule has 3 N–H and O–H groups in total. The molecule has 1 atom stereocenters. The van der Waals surface area contributed by atoms with E-state index in [0.29, 0.717) is 52.7 Å². The maximum Gasteiger partial charge on any atom is 0.249 e. The largest absolute Gasteiger partial charge is 0.378 e. The molecular formula is C13H24N2O5S. The van der Waals surface area contributed by atoms with Crippen LogP contribution in [0.4, 0.5) is 0 Å². The summed E-state index contributed by atoms with van der Waals surface area (Å²) in [6, 6.07) is 0. The molecule has 0 aliphatic rings. The van der Waals surface area contributed by atoms with Gasteiger partial charge in [-0.15, -0.1) is 12.3 Å². The lowest BCUT2D eigenvalue weighted by Gasteiger charge is -2.10. The Kier molecular flexibility index (Phi) is 15.0. The molecule has 0 saturated carbocycles. The van der Waals surface area contributed by atoms with Gasteiger partial charge in [0, 0.05) is 6.42 Å². The number of carbonyl (C=O) groups excluding carboxylic acids is 1. The van der Waals surface area contributed by atoms with Crippen LogP contribution in [0, 0.1) is 12.3 Å². The molecule has 0 heterocycles. The van der Waals surface area contributed by atoms with Crippen LogP contribution >= 0.6 is 12.6 Å². The maximum atomic E-state index is 11.0. The first-order valence-electron chi connectivity index (χ1n) is 6.65. The maximum absolute atomic E-state index is 11.0. The number of hydrogen-bond donors (Lipinski definition) is 3. The van der Waals surface area contributed by atoms with Crippen LogP contribution in [0.15, 0.2) is 0 Å². The van der Waals surface area contributed by atoms with Crippen molar-refractivity contribution in [3.63, 3.8) is 0 Å². The molecule has 0 aliphatic carbocycles. The fourth-order valence-corrected chi connectivity index (χ4v) is 1.34. The van der Waals surface area contributed by atoms with Crippen molar-refractivity contribution in [1.82, 2.24) is 5.43 Å². The Morgan fingerprint density at radius 3 is 2.00 bits per heavy atom. The highest BCUT2D eigenvalue weighted by Gasteiger charge is 2.11. The molecule has 0 aliphatic heterocycles. The number of hydrazine groups is 1. The van der Waals surface area contributed by atoms with Crippen LogP contribution in [0.2, 0.25) is 0 Å². The molecule has 21 heavy (non-hydrogen) atoms. The number of carbonyl (C=O) groups is 1. The topological polar surface area (TPSA) is 92.0 Å². The SMILES string of the molecule is C#CCCOCCOCCOCCOCC(S)C(=O)NN. The Balaban J connectivity index is 3.13. The van der Waals surface area contributed by atoms with Gasteiger partial charge in [0.25, 0.3) is 0 Å². The molecule has 1 amide bonds. The van der Waals surface area contributed by atoms with Gasteiger partial charge < -0.3 is 18.9 Å². The lowest BCUT2D eigenvalue weighted by molar-refractivity contribution is -0.121. The third-order valence-corrected chi connectivity index (χ3v) is 2.61. The molecule has 0 aromatic rings. The zero-order valence-corrected chi connectivity index (χ0v) is 13.0. The van der Waals surface area contributed by atoms with Crippen molar-refractivity contribution >= 4 is 18.5 Å². The molecule has 0 aromatic carbocycles. The van der Waals surface area contributed by atoms with Gasteiger partial charge in [0.2, 0.25) is 5.91 Å². The van der Waals surface area contributed by atoms with Crippen LogP contribution in [-0.4, -0.2) is 64.0 Å². The Morgan fingerprint density at radius 2 is 1.52 bits per heavy atom. The molecule has 0 bridgehead atoms. The van der Waals surface area contributed by atoms with E-state index in [9.17, 15) is 4.79 Å². The van der Waals surface area contributed by atoms with E-state index in [1.807, 2.05) is 5.43 Å². The van der Waals surface area contributed by atoms with Crippen molar-refractivity contribution in [3.8, 4) is 12.3 Å². The summed E-state index contributed by atoms with van der Waals surface area (Å²) in [6.45, 7) is 3.54. The molecule has 0 rings (SSSR count). The van der Waals surface area contributed by atoms with Gasteiger partial charge in [-0.2, -0.15) is 12.6 Å². The fraction of sp³-hybridized carbons (Fsp3) is 0.769. The average molecular weight is 320 g/mol. The Bertz CT molecular complexity index is 299. The van der Waals surface area contributed by atoms with Gasteiger partial charge in [-0.3, -0.25) is 10.2 Å². The number of hydrogen-bond acceptors (Lipinski definition) is 7. The Labute approximate surface area is 131 Å². The average Bonchev–Trinajstić information content (AvgIpc) is 2.50. The highest BCUT2D eigenvalue weighted by atomic mass is 32.1. The minimum Gasteiger partial charge on any atom is -0.378 e. The van der Waals surface area contributed by atoms with E-state index in [1.54, 1.807) is 0 Å². The molecule has 7 nitrogen and oxygen atoms in total. The van der Waals surface area contributed by atoms with Gasteiger partial charge in [-0.25, -0.2) is 5.84 Å². The van der Waals surface area contributed by atoms with Crippen molar-refractivity contribution in [2.24, 2.45) is 5.84 Å². The Hall–Kier alpha value is -0.820. The van der Waals surface area contributed by atoms with E-state index in [1.165, 1.54) is 0 Å². The van der Waals surface area contributed by atoms with Crippen molar-refractivity contribution < 1.29 is 23.7 Å². The van der Waals surface area contributed by atoms with E-state index < -0.39 is 5.25 Å². The van der Waals surface area contributed by atoms with Crippen LogP contribution in [0.3, 0.4) is 0 Å². The van der Waals surface area contributed by atoms with Crippen molar-refractivity contribution in [2.45, 2.75) is 11.7 Å². The second-order valence-corrected chi connectivity index (χ2v) is 4.51.